The Bertz CT molecular complexity index is 463. The van der Waals surface area contributed by atoms with Crippen molar-refractivity contribution in [3.05, 3.63) is 0 Å². The number of hydrogen-bond acceptors (Lipinski definition) is 4. The third kappa shape index (κ3) is 6.46. The topological polar surface area (TPSA) is 87.7 Å². The first-order valence-electron chi connectivity index (χ1n) is 7.95. The number of amides is 3. The average molecular weight is 327 g/mol. The monoisotopic (exact) mass is 327 g/mol. The SMILES string of the molecule is CC(C)(C)OC(=O)NCCNC(=O)C1CC(=O)N(C(C)(C)C)C1. The highest BCUT2D eigenvalue weighted by molar-refractivity contribution is 5.89. The maximum atomic E-state index is 12.1. The van der Waals surface area contributed by atoms with Crippen LogP contribution < -0.4 is 10.6 Å². The Balaban J connectivity index is 2.31. The van der Waals surface area contributed by atoms with Gasteiger partial charge in [-0.15, -0.1) is 0 Å². The lowest BCUT2D eigenvalue weighted by molar-refractivity contribution is -0.132. The quantitative estimate of drug-likeness (QED) is 0.761. The fourth-order valence-electron chi connectivity index (χ4n) is 2.34. The zero-order valence-corrected chi connectivity index (χ0v) is 15.0. The van der Waals surface area contributed by atoms with Gasteiger partial charge in [-0.05, 0) is 41.5 Å². The molecule has 0 bridgehead atoms. The number of carbonyl (C=O) groups excluding carboxylic acids is 3. The molecule has 7 heteroatoms. The summed E-state index contributed by atoms with van der Waals surface area (Å²) in [5.74, 6) is -0.483. The number of hydrogen-bond donors (Lipinski definition) is 2. The summed E-state index contributed by atoms with van der Waals surface area (Å²) in [5.41, 5.74) is -0.821. The highest BCUT2D eigenvalue weighted by atomic mass is 16.6. The predicted molar refractivity (Wildman–Crippen MR) is 86.8 cm³/mol. The fourth-order valence-corrected chi connectivity index (χ4v) is 2.34. The van der Waals surface area contributed by atoms with Crippen molar-refractivity contribution in [1.82, 2.24) is 15.5 Å². The molecule has 1 atom stereocenters. The number of likely N-dealkylation sites (tertiary alicyclic amines) is 1. The molecule has 132 valence electrons. The molecule has 1 rings (SSSR count). The zero-order valence-electron chi connectivity index (χ0n) is 15.0. The van der Waals surface area contributed by atoms with Crippen molar-refractivity contribution in [2.45, 2.75) is 59.1 Å². The Morgan fingerprint density at radius 3 is 2.17 bits per heavy atom. The Morgan fingerprint density at radius 2 is 1.70 bits per heavy atom. The van der Waals surface area contributed by atoms with Crippen LogP contribution in [0.15, 0.2) is 0 Å². The third-order valence-corrected chi connectivity index (χ3v) is 3.40. The molecule has 1 heterocycles. The minimum Gasteiger partial charge on any atom is -0.444 e. The fraction of sp³-hybridized carbons (Fsp3) is 0.812. The van der Waals surface area contributed by atoms with E-state index in [2.05, 4.69) is 10.6 Å². The normalized spacial score (nSPS) is 18.8. The van der Waals surface area contributed by atoms with Gasteiger partial charge in [-0.25, -0.2) is 4.79 Å². The largest absolute Gasteiger partial charge is 0.444 e. The molecule has 0 saturated carbocycles. The molecule has 0 aliphatic carbocycles. The van der Waals surface area contributed by atoms with Crippen molar-refractivity contribution in [3.63, 3.8) is 0 Å². The lowest BCUT2D eigenvalue weighted by Crippen LogP contribution is -2.43. The van der Waals surface area contributed by atoms with Gasteiger partial charge in [0.1, 0.15) is 5.60 Å². The molecule has 1 saturated heterocycles. The van der Waals surface area contributed by atoms with Crippen LogP contribution in [0.3, 0.4) is 0 Å². The number of carbonyl (C=O) groups is 3. The number of ether oxygens (including phenoxy) is 1. The Hall–Kier alpha value is -1.79. The molecule has 1 fully saturated rings. The molecular formula is C16H29N3O4. The number of nitrogens with one attached hydrogen (secondary N) is 2. The van der Waals surface area contributed by atoms with E-state index in [9.17, 15) is 14.4 Å². The van der Waals surface area contributed by atoms with Gasteiger partial charge < -0.3 is 20.3 Å². The van der Waals surface area contributed by atoms with E-state index in [0.29, 0.717) is 13.1 Å². The van der Waals surface area contributed by atoms with E-state index in [1.165, 1.54) is 0 Å². The van der Waals surface area contributed by atoms with E-state index in [4.69, 9.17) is 4.74 Å². The molecular weight excluding hydrogens is 298 g/mol. The summed E-state index contributed by atoms with van der Waals surface area (Å²) in [6.45, 7) is 12.2. The van der Waals surface area contributed by atoms with Crippen molar-refractivity contribution >= 4 is 17.9 Å². The third-order valence-electron chi connectivity index (χ3n) is 3.40. The molecule has 7 nitrogen and oxygen atoms in total. The minimum atomic E-state index is -0.548. The smallest absolute Gasteiger partial charge is 0.407 e. The maximum Gasteiger partial charge on any atom is 0.407 e. The van der Waals surface area contributed by atoms with Gasteiger partial charge in [0.15, 0.2) is 0 Å². The Kier molecular flexibility index (Phi) is 6.02. The van der Waals surface area contributed by atoms with E-state index in [0.717, 1.165) is 0 Å². The van der Waals surface area contributed by atoms with Crippen LogP contribution in [0.2, 0.25) is 0 Å². The number of rotatable bonds is 4. The molecule has 0 spiro atoms. The first-order chi connectivity index (χ1) is 10.4. The van der Waals surface area contributed by atoms with Gasteiger partial charge >= 0.3 is 6.09 Å². The van der Waals surface area contributed by atoms with Crippen LogP contribution in [0.4, 0.5) is 4.79 Å². The van der Waals surface area contributed by atoms with Gasteiger partial charge in [0.05, 0.1) is 5.92 Å². The Morgan fingerprint density at radius 1 is 1.13 bits per heavy atom. The van der Waals surface area contributed by atoms with E-state index in [1.807, 2.05) is 20.8 Å². The maximum absolute atomic E-state index is 12.1. The van der Waals surface area contributed by atoms with Crippen LogP contribution in [0.25, 0.3) is 0 Å². The van der Waals surface area contributed by atoms with Crippen LogP contribution >= 0.6 is 0 Å². The van der Waals surface area contributed by atoms with Gasteiger partial charge in [-0.1, -0.05) is 0 Å². The summed E-state index contributed by atoms with van der Waals surface area (Å²) in [7, 11) is 0. The lowest BCUT2D eigenvalue weighted by Gasteiger charge is -2.31. The van der Waals surface area contributed by atoms with Crippen LogP contribution in [-0.2, 0) is 14.3 Å². The number of alkyl carbamates (subject to hydrolysis) is 1. The van der Waals surface area contributed by atoms with Crippen LogP contribution in [0, 0.1) is 5.92 Å². The standard InChI is InChI=1S/C16H29N3O4/c1-15(2,3)19-10-11(9-12(19)20)13(21)17-7-8-18-14(22)23-16(4,5)6/h11H,7-10H2,1-6H3,(H,17,21)(H,18,22). The zero-order chi connectivity index (χ0) is 17.8. The molecule has 3 amide bonds. The van der Waals surface area contributed by atoms with Crippen LogP contribution in [0.1, 0.15) is 48.0 Å². The molecule has 0 aromatic rings. The number of nitrogens with zero attached hydrogens (tertiary/aromatic N) is 1. The second-order valence-electron chi connectivity index (χ2n) is 7.80. The van der Waals surface area contributed by atoms with Gasteiger partial charge in [-0.2, -0.15) is 0 Å². The van der Waals surface area contributed by atoms with Crippen molar-refractivity contribution in [3.8, 4) is 0 Å². The van der Waals surface area contributed by atoms with Crippen molar-refractivity contribution in [1.29, 1.82) is 0 Å². The highest BCUT2D eigenvalue weighted by Crippen LogP contribution is 2.25. The molecule has 1 aliphatic heterocycles. The van der Waals surface area contributed by atoms with Crippen LogP contribution in [0.5, 0.6) is 0 Å². The van der Waals surface area contributed by atoms with Crippen LogP contribution in [-0.4, -0.2) is 53.6 Å². The summed E-state index contributed by atoms with van der Waals surface area (Å²) in [6, 6.07) is 0. The summed E-state index contributed by atoms with van der Waals surface area (Å²) in [5, 5.41) is 5.32. The second-order valence-corrected chi connectivity index (χ2v) is 7.80. The van der Waals surface area contributed by atoms with E-state index in [1.54, 1.807) is 25.7 Å². The summed E-state index contributed by atoms with van der Waals surface area (Å²) >= 11 is 0. The highest BCUT2D eigenvalue weighted by Gasteiger charge is 2.39. The second kappa shape index (κ2) is 7.19. The molecule has 0 aromatic heterocycles. The first kappa shape index (κ1) is 19.3. The van der Waals surface area contributed by atoms with Crippen molar-refractivity contribution < 1.29 is 19.1 Å². The molecule has 23 heavy (non-hydrogen) atoms. The first-order valence-corrected chi connectivity index (χ1v) is 7.95. The van der Waals surface area contributed by atoms with Gasteiger partial charge in [0, 0.05) is 31.6 Å². The summed E-state index contributed by atoms with van der Waals surface area (Å²) in [6.07, 6.45) is -0.274. The molecule has 2 N–H and O–H groups in total. The summed E-state index contributed by atoms with van der Waals surface area (Å²) < 4.78 is 5.10. The minimum absolute atomic E-state index is 0.00419. The van der Waals surface area contributed by atoms with E-state index >= 15 is 0 Å². The van der Waals surface area contributed by atoms with Gasteiger partial charge in [0.2, 0.25) is 11.8 Å². The lowest BCUT2D eigenvalue weighted by atomic mass is 10.1. The van der Waals surface area contributed by atoms with Gasteiger partial charge in [-0.3, -0.25) is 9.59 Å². The molecule has 0 radical (unpaired) electrons. The Labute approximate surface area is 138 Å². The summed E-state index contributed by atoms with van der Waals surface area (Å²) in [4.78, 5) is 37.3. The van der Waals surface area contributed by atoms with Crippen molar-refractivity contribution in [2.75, 3.05) is 19.6 Å². The molecule has 1 unspecified atom stereocenters. The van der Waals surface area contributed by atoms with Crippen molar-refractivity contribution in [2.24, 2.45) is 5.92 Å². The van der Waals surface area contributed by atoms with E-state index < -0.39 is 11.7 Å². The molecule has 1 aliphatic rings. The van der Waals surface area contributed by atoms with E-state index in [-0.39, 0.29) is 36.2 Å². The average Bonchev–Trinajstić information content (AvgIpc) is 2.74. The molecule has 0 aromatic carbocycles. The van der Waals surface area contributed by atoms with Gasteiger partial charge in [0.25, 0.3) is 0 Å². The predicted octanol–water partition coefficient (Wildman–Crippen LogP) is 1.27.